The Morgan fingerprint density at radius 3 is 2.48 bits per heavy atom. The first-order valence-corrected chi connectivity index (χ1v) is 8.01. The number of hydrogen-bond donors (Lipinski definition) is 4. The van der Waals surface area contributed by atoms with Gasteiger partial charge in [-0.15, -0.1) is 0 Å². The van der Waals surface area contributed by atoms with Crippen molar-refractivity contribution in [3.05, 3.63) is 42.5 Å². The zero-order valence-corrected chi connectivity index (χ0v) is 13.4. The second-order valence-electron chi connectivity index (χ2n) is 5.25. The average molecular weight is 353 g/mol. The van der Waals surface area contributed by atoms with Gasteiger partial charge in [-0.2, -0.15) is 5.53 Å². The summed E-state index contributed by atoms with van der Waals surface area (Å²) in [5, 5.41) is 27.6. The van der Waals surface area contributed by atoms with E-state index in [1.54, 1.807) is 42.5 Å². The van der Waals surface area contributed by atoms with Crippen LogP contribution in [-0.2, 0) is 0 Å². The summed E-state index contributed by atoms with van der Waals surface area (Å²) in [6.07, 6.45) is 0. The van der Waals surface area contributed by atoms with E-state index in [9.17, 15) is 15.0 Å². The van der Waals surface area contributed by atoms with Gasteiger partial charge in [-0.25, -0.2) is 14.3 Å². The number of nitrogens with one attached hydrogen (secondary N) is 2. The summed E-state index contributed by atoms with van der Waals surface area (Å²) in [7, 11) is 0. The maximum Gasteiger partial charge on any atom is 0.363 e. The molecule has 0 saturated carbocycles. The largest absolute Gasteiger partial charge is 0.494 e. The number of rotatable bonds is 2. The molecular weight excluding hydrogens is 342 g/mol. The van der Waals surface area contributed by atoms with Crippen molar-refractivity contribution in [3.8, 4) is 16.9 Å². The lowest BCUT2D eigenvalue weighted by Crippen LogP contribution is -2.04. The molecule has 4 rings (SSSR count). The minimum absolute atomic E-state index is 0.0892. The summed E-state index contributed by atoms with van der Waals surface area (Å²) < 4.78 is 2.03. The number of hydrogen-bond acceptors (Lipinski definition) is 6. The monoisotopic (exact) mass is 353 g/mol. The number of nitrogens with zero attached hydrogens (tertiary/aromatic N) is 3. The molecule has 2 aromatic carbocycles. The van der Waals surface area contributed by atoms with Crippen molar-refractivity contribution >= 4 is 44.0 Å². The summed E-state index contributed by atoms with van der Waals surface area (Å²) in [5.74, 6) is -0.178. The van der Waals surface area contributed by atoms with Gasteiger partial charge in [0.2, 0.25) is 11.8 Å². The SMILES string of the molecule is N=NC(=O)Nc1ccc2nc(-n3c(O)c4ccccc4c3O)sc2c1. The molecule has 0 fully saturated rings. The number of carbonyl (C=O) groups is 1. The molecular formula is C16H11N5O3S. The number of aromatic hydroxyl groups is 2. The van der Waals surface area contributed by atoms with E-state index < -0.39 is 6.03 Å². The minimum atomic E-state index is -0.768. The number of carbonyl (C=O) groups excluding carboxylic acids is 1. The Kier molecular flexibility index (Phi) is 3.36. The van der Waals surface area contributed by atoms with Gasteiger partial charge in [0, 0.05) is 16.5 Å². The van der Waals surface area contributed by atoms with Crippen LogP contribution in [-0.4, -0.2) is 25.8 Å². The zero-order chi connectivity index (χ0) is 17.6. The summed E-state index contributed by atoms with van der Waals surface area (Å²) in [5.41, 5.74) is 7.81. The van der Waals surface area contributed by atoms with E-state index in [4.69, 9.17) is 5.53 Å². The maximum atomic E-state index is 11.2. The van der Waals surface area contributed by atoms with Gasteiger partial charge < -0.3 is 15.5 Å². The molecule has 2 amide bonds. The molecule has 4 aromatic rings. The van der Waals surface area contributed by atoms with Crippen LogP contribution >= 0.6 is 11.3 Å². The molecule has 0 aliphatic carbocycles. The molecule has 0 radical (unpaired) electrons. The Labute approximate surface area is 144 Å². The second-order valence-corrected chi connectivity index (χ2v) is 6.26. The minimum Gasteiger partial charge on any atom is -0.494 e. The Bertz CT molecular complexity index is 1110. The third-order valence-electron chi connectivity index (χ3n) is 3.75. The number of fused-ring (bicyclic) bond motifs is 2. The highest BCUT2D eigenvalue weighted by molar-refractivity contribution is 7.20. The zero-order valence-electron chi connectivity index (χ0n) is 12.6. The summed E-state index contributed by atoms with van der Waals surface area (Å²) in [4.78, 5) is 15.6. The molecule has 0 bridgehead atoms. The summed E-state index contributed by atoms with van der Waals surface area (Å²) >= 11 is 1.25. The fourth-order valence-electron chi connectivity index (χ4n) is 2.63. The third kappa shape index (κ3) is 2.37. The Balaban J connectivity index is 1.85. The predicted molar refractivity (Wildman–Crippen MR) is 93.9 cm³/mol. The number of urea groups is 1. The van der Waals surface area contributed by atoms with Crippen molar-refractivity contribution in [2.75, 3.05) is 5.32 Å². The maximum absolute atomic E-state index is 11.2. The number of anilines is 1. The lowest BCUT2D eigenvalue weighted by Gasteiger charge is -2.00. The lowest BCUT2D eigenvalue weighted by molar-refractivity contribution is 0.258. The molecule has 8 nitrogen and oxygen atoms in total. The van der Waals surface area contributed by atoms with Crippen LogP contribution in [0, 0.1) is 5.53 Å². The van der Waals surface area contributed by atoms with Crippen molar-refractivity contribution in [1.29, 1.82) is 5.53 Å². The van der Waals surface area contributed by atoms with E-state index in [1.807, 2.05) is 0 Å². The number of thiazole rings is 1. The van der Waals surface area contributed by atoms with Crippen LogP contribution in [0.4, 0.5) is 10.5 Å². The predicted octanol–water partition coefficient (Wildman–Crippen LogP) is 4.21. The molecule has 4 N–H and O–H groups in total. The van der Waals surface area contributed by atoms with Crippen LogP contribution in [0.15, 0.2) is 47.6 Å². The first kappa shape index (κ1) is 15.1. The van der Waals surface area contributed by atoms with E-state index in [2.05, 4.69) is 15.4 Å². The molecule has 0 unspecified atom stereocenters. The highest BCUT2D eigenvalue weighted by Gasteiger charge is 2.19. The van der Waals surface area contributed by atoms with Crippen molar-refractivity contribution in [2.24, 2.45) is 5.11 Å². The number of benzene rings is 2. The van der Waals surface area contributed by atoms with E-state index >= 15 is 0 Å². The van der Waals surface area contributed by atoms with Crippen LogP contribution in [0.5, 0.6) is 11.8 Å². The van der Waals surface area contributed by atoms with Crippen molar-refractivity contribution < 1.29 is 15.0 Å². The number of aromatic nitrogens is 2. The Hall–Kier alpha value is -3.46. The van der Waals surface area contributed by atoms with Crippen LogP contribution in [0.25, 0.3) is 26.1 Å². The van der Waals surface area contributed by atoms with Crippen LogP contribution in [0.1, 0.15) is 0 Å². The molecule has 2 heterocycles. The highest BCUT2D eigenvalue weighted by atomic mass is 32.1. The van der Waals surface area contributed by atoms with Crippen LogP contribution in [0.3, 0.4) is 0 Å². The molecule has 0 aliphatic heterocycles. The van der Waals surface area contributed by atoms with E-state index in [0.717, 1.165) is 4.70 Å². The first-order chi connectivity index (χ1) is 12.1. The normalized spacial score (nSPS) is 11.0. The molecule has 2 aromatic heterocycles. The number of amides is 2. The van der Waals surface area contributed by atoms with Crippen molar-refractivity contribution in [1.82, 2.24) is 9.55 Å². The topological polar surface area (TPSA) is 124 Å². The van der Waals surface area contributed by atoms with Gasteiger partial charge in [0.1, 0.15) is 0 Å². The van der Waals surface area contributed by atoms with E-state index in [1.165, 1.54) is 15.9 Å². The standard InChI is InChI=1S/C16H11N5O3S/c17-20-15(24)18-8-5-6-11-12(7-8)25-16(19-11)21-13(22)9-3-1-2-4-10(9)14(21)23/h1-7,17,22-23H,(H,18,24). The molecule has 0 aliphatic rings. The molecule has 124 valence electrons. The Morgan fingerprint density at radius 2 is 1.84 bits per heavy atom. The average Bonchev–Trinajstić information content (AvgIpc) is 3.14. The van der Waals surface area contributed by atoms with Gasteiger partial charge in [-0.3, -0.25) is 0 Å². The molecule has 9 heteroatoms. The Morgan fingerprint density at radius 1 is 1.16 bits per heavy atom. The molecule has 25 heavy (non-hydrogen) atoms. The first-order valence-electron chi connectivity index (χ1n) is 7.19. The van der Waals surface area contributed by atoms with Gasteiger partial charge in [0.05, 0.1) is 10.2 Å². The highest BCUT2D eigenvalue weighted by Crippen LogP contribution is 2.40. The van der Waals surface area contributed by atoms with Crippen LogP contribution < -0.4 is 5.32 Å². The fraction of sp³-hybridized carbons (Fsp3) is 0. The fourth-order valence-corrected chi connectivity index (χ4v) is 3.64. The molecule has 0 atom stereocenters. The smallest absolute Gasteiger partial charge is 0.363 e. The van der Waals surface area contributed by atoms with E-state index in [0.29, 0.717) is 27.1 Å². The molecule has 0 spiro atoms. The van der Waals surface area contributed by atoms with Gasteiger partial charge in [-0.05, 0) is 30.3 Å². The second kappa shape index (κ2) is 5.56. The molecule has 0 saturated heterocycles. The van der Waals surface area contributed by atoms with Crippen LogP contribution in [0.2, 0.25) is 0 Å². The van der Waals surface area contributed by atoms with Crippen molar-refractivity contribution in [3.63, 3.8) is 0 Å². The van der Waals surface area contributed by atoms with Gasteiger partial charge >= 0.3 is 6.03 Å². The van der Waals surface area contributed by atoms with Gasteiger partial charge in [0.25, 0.3) is 0 Å². The van der Waals surface area contributed by atoms with Gasteiger partial charge in [-0.1, -0.05) is 28.6 Å². The van der Waals surface area contributed by atoms with Gasteiger partial charge in [0.15, 0.2) is 5.13 Å². The van der Waals surface area contributed by atoms with E-state index in [-0.39, 0.29) is 11.8 Å². The summed E-state index contributed by atoms with van der Waals surface area (Å²) in [6.45, 7) is 0. The lowest BCUT2D eigenvalue weighted by atomic mass is 10.2. The quantitative estimate of drug-likeness (QED) is 0.403. The summed E-state index contributed by atoms with van der Waals surface area (Å²) in [6, 6.07) is 11.2. The van der Waals surface area contributed by atoms with Crippen molar-refractivity contribution in [2.45, 2.75) is 0 Å². The third-order valence-corrected chi connectivity index (χ3v) is 4.76.